The highest BCUT2D eigenvalue weighted by molar-refractivity contribution is 9.10. The third kappa shape index (κ3) is 2.03. The molecule has 4 rings (SSSR count). The molecule has 0 fully saturated rings. The van der Waals surface area contributed by atoms with Crippen LogP contribution < -0.4 is 0 Å². The van der Waals surface area contributed by atoms with E-state index < -0.39 is 0 Å². The van der Waals surface area contributed by atoms with E-state index in [1.54, 1.807) is 17.4 Å². The first-order valence-corrected chi connectivity index (χ1v) is 8.10. The molecule has 0 N–H and O–H groups in total. The number of benzene rings is 2. The van der Waals surface area contributed by atoms with E-state index in [4.69, 9.17) is 4.42 Å². The van der Waals surface area contributed by atoms with Gasteiger partial charge in [0, 0.05) is 15.6 Å². The summed E-state index contributed by atoms with van der Waals surface area (Å²) in [6.07, 6.45) is 0. The molecule has 0 spiro atoms. The zero-order valence-electron chi connectivity index (χ0n) is 10.8. The van der Waals surface area contributed by atoms with Crippen LogP contribution in [0.2, 0.25) is 0 Å². The number of carbonyl (C=O) groups excluding carboxylic acids is 1. The molecule has 2 heterocycles. The summed E-state index contributed by atoms with van der Waals surface area (Å²) in [6, 6.07) is 15.4. The van der Waals surface area contributed by atoms with Crippen molar-refractivity contribution in [3.05, 3.63) is 69.7 Å². The average Bonchev–Trinajstić information content (AvgIpc) is 3.13. The van der Waals surface area contributed by atoms with Crippen LogP contribution in [0.25, 0.3) is 21.1 Å². The Morgan fingerprint density at radius 1 is 1.05 bits per heavy atom. The van der Waals surface area contributed by atoms with Gasteiger partial charge in [-0.1, -0.05) is 24.3 Å². The van der Waals surface area contributed by atoms with Crippen LogP contribution in [-0.4, -0.2) is 5.78 Å². The molecule has 0 aliphatic heterocycles. The van der Waals surface area contributed by atoms with E-state index in [-0.39, 0.29) is 5.78 Å². The van der Waals surface area contributed by atoms with Gasteiger partial charge >= 0.3 is 0 Å². The lowest BCUT2D eigenvalue weighted by atomic mass is 10.1. The third-order valence-electron chi connectivity index (χ3n) is 3.44. The number of para-hydroxylation sites is 1. The van der Waals surface area contributed by atoms with Crippen molar-refractivity contribution >= 4 is 54.1 Å². The zero-order valence-corrected chi connectivity index (χ0v) is 13.2. The van der Waals surface area contributed by atoms with E-state index in [1.165, 1.54) is 0 Å². The Morgan fingerprint density at radius 2 is 1.86 bits per heavy atom. The van der Waals surface area contributed by atoms with Crippen LogP contribution in [0.4, 0.5) is 0 Å². The molecule has 0 radical (unpaired) electrons. The number of thiophene rings is 1. The summed E-state index contributed by atoms with van der Waals surface area (Å²) in [5, 5.41) is 4.01. The largest absolute Gasteiger partial charge is 0.451 e. The van der Waals surface area contributed by atoms with Crippen molar-refractivity contribution in [1.29, 1.82) is 0 Å². The molecule has 0 bridgehead atoms. The predicted molar refractivity (Wildman–Crippen MR) is 89.2 cm³/mol. The lowest BCUT2D eigenvalue weighted by Crippen LogP contribution is -1.99. The fourth-order valence-corrected chi connectivity index (χ4v) is 3.82. The maximum absolute atomic E-state index is 12.7. The molecule has 0 saturated heterocycles. The number of hydrogen-bond acceptors (Lipinski definition) is 3. The molecule has 4 aromatic rings. The number of furan rings is 1. The van der Waals surface area contributed by atoms with Crippen LogP contribution in [-0.2, 0) is 0 Å². The Morgan fingerprint density at radius 3 is 2.71 bits per heavy atom. The fraction of sp³-hybridized carbons (Fsp3) is 0. The van der Waals surface area contributed by atoms with Gasteiger partial charge in [0.05, 0.1) is 4.47 Å². The summed E-state index contributed by atoms with van der Waals surface area (Å²) in [5.41, 5.74) is 1.40. The normalized spacial score (nSPS) is 11.3. The smallest absolute Gasteiger partial charge is 0.229 e. The van der Waals surface area contributed by atoms with Crippen LogP contribution >= 0.6 is 27.3 Å². The second-order valence-corrected chi connectivity index (χ2v) is 6.51. The van der Waals surface area contributed by atoms with Gasteiger partial charge in [-0.3, -0.25) is 4.79 Å². The van der Waals surface area contributed by atoms with Crippen LogP contribution in [0.15, 0.2) is 62.8 Å². The average molecular weight is 357 g/mol. The third-order valence-corrected chi connectivity index (χ3v) is 5.03. The second kappa shape index (κ2) is 4.83. The SMILES string of the molecule is O=C(c1cc2cccc(Br)c2o1)c1cccc2ccsc12. The highest BCUT2D eigenvalue weighted by atomic mass is 79.9. The van der Waals surface area contributed by atoms with Gasteiger partial charge in [0.1, 0.15) is 5.58 Å². The van der Waals surface area contributed by atoms with Crippen molar-refractivity contribution in [2.75, 3.05) is 0 Å². The van der Waals surface area contributed by atoms with Crippen LogP contribution in [0.5, 0.6) is 0 Å². The van der Waals surface area contributed by atoms with Crippen molar-refractivity contribution < 1.29 is 9.21 Å². The molecular weight excluding hydrogens is 348 g/mol. The summed E-state index contributed by atoms with van der Waals surface area (Å²) in [5.74, 6) is 0.295. The summed E-state index contributed by atoms with van der Waals surface area (Å²) in [7, 11) is 0. The molecule has 0 aliphatic rings. The molecule has 21 heavy (non-hydrogen) atoms. The minimum Gasteiger partial charge on any atom is -0.451 e. The Hall–Kier alpha value is -1.91. The molecule has 0 unspecified atom stereocenters. The zero-order chi connectivity index (χ0) is 14.4. The minimum absolute atomic E-state index is 0.0776. The van der Waals surface area contributed by atoms with Crippen LogP contribution in [0.1, 0.15) is 16.1 Å². The summed E-state index contributed by atoms with van der Waals surface area (Å²) >= 11 is 5.02. The fourth-order valence-electron chi connectivity index (χ4n) is 2.44. The first-order valence-electron chi connectivity index (χ1n) is 6.43. The number of ketones is 1. The number of rotatable bonds is 2. The van der Waals surface area contributed by atoms with E-state index >= 15 is 0 Å². The Bertz CT molecular complexity index is 981. The van der Waals surface area contributed by atoms with Gasteiger partial charge in [-0.2, -0.15) is 0 Å². The van der Waals surface area contributed by atoms with E-state index in [0.717, 1.165) is 19.9 Å². The topological polar surface area (TPSA) is 30.2 Å². The maximum atomic E-state index is 12.7. The number of halogens is 1. The van der Waals surface area contributed by atoms with Crippen molar-refractivity contribution in [2.24, 2.45) is 0 Å². The summed E-state index contributed by atoms with van der Waals surface area (Å²) < 4.78 is 7.61. The van der Waals surface area contributed by atoms with Gasteiger partial charge in [0.25, 0.3) is 0 Å². The number of fused-ring (bicyclic) bond motifs is 2. The van der Waals surface area contributed by atoms with Gasteiger partial charge in [-0.25, -0.2) is 0 Å². The monoisotopic (exact) mass is 356 g/mol. The van der Waals surface area contributed by atoms with Gasteiger partial charge in [-0.15, -0.1) is 11.3 Å². The minimum atomic E-state index is -0.0776. The molecule has 0 atom stereocenters. The number of hydrogen-bond donors (Lipinski definition) is 0. The Balaban J connectivity index is 1.90. The number of carbonyl (C=O) groups is 1. The van der Waals surface area contributed by atoms with E-state index in [0.29, 0.717) is 16.9 Å². The van der Waals surface area contributed by atoms with Crippen molar-refractivity contribution in [1.82, 2.24) is 0 Å². The van der Waals surface area contributed by atoms with Gasteiger partial charge < -0.3 is 4.42 Å². The molecule has 0 saturated carbocycles. The van der Waals surface area contributed by atoms with Gasteiger partial charge in [0.15, 0.2) is 5.76 Å². The summed E-state index contributed by atoms with van der Waals surface area (Å²) in [4.78, 5) is 12.7. The molecule has 2 aromatic heterocycles. The van der Waals surface area contributed by atoms with Gasteiger partial charge in [0.2, 0.25) is 5.78 Å². The second-order valence-electron chi connectivity index (χ2n) is 4.74. The van der Waals surface area contributed by atoms with Crippen molar-refractivity contribution in [3.63, 3.8) is 0 Å². The van der Waals surface area contributed by atoms with E-state index in [9.17, 15) is 4.79 Å². The first-order chi connectivity index (χ1) is 10.2. The molecule has 2 aromatic carbocycles. The maximum Gasteiger partial charge on any atom is 0.229 e. The van der Waals surface area contributed by atoms with E-state index in [1.807, 2.05) is 47.8 Å². The van der Waals surface area contributed by atoms with Gasteiger partial charge in [-0.05, 0) is 51.0 Å². The predicted octanol–water partition coefficient (Wildman–Crippen LogP) is 5.64. The van der Waals surface area contributed by atoms with E-state index in [2.05, 4.69) is 15.9 Å². The van der Waals surface area contributed by atoms with Crippen molar-refractivity contribution in [3.8, 4) is 0 Å². The molecule has 2 nitrogen and oxygen atoms in total. The first kappa shape index (κ1) is 12.8. The van der Waals surface area contributed by atoms with Crippen LogP contribution in [0, 0.1) is 0 Å². The highest BCUT2D eigenvalue weighted by Crippen LogP contribution is 2.31. The lowest BCUT2D eigenvalue weighted by molar-refractivity contribution is 0.101. The standard InChI is InChI=1S/C17H9BrO2S/c18-13-6-2-4-11-9-14(20-16(11)13)15(19)12-5-1-3-10-7-8-21-17(10)12/h1-9H. The molecule has 102 valence electrons. The van der Waals surface area contributed by atoms with Crippen LogP contribution in [0.3, 0.4) is 0 Å². The van der Waals surface area contributed by atoms with Crippen molar-refractivity contribution in [2.45, 2.75) is 0 Å². The molecule has 0 amide bonds. The highest BCUT2D eigenvalue weighted by Gasteiger charge is 2.18. The molecule has 4 heteroatoms. The quantitative estimate of drug-likeness (QED) is 0.435. The summed E-state index contributed by atoms with van der Waals surface area (Å²) in [6.45, 7) is 0. The molecular formula is C17H9BrO2S. The Kier molecular flexibility index (Phi) is 2.94. The molecule has 0 aliphatic carbocycles. The lowest BCUT2D eigenvalue weighted by Gasteiger charge is -1.99. The Labute approximate surface area is 133 Å².